The molecule has 1 atom stereocenters. The lowest BCUT2D eigenvalue weighted by molar-refractivity contribution is -0.122. The first-order valence-electron chi connectivity index (χ1n) is 9.52. The van der Waals surface area contributed by atoms with Crippen LogP contribution in [0.2, 0.25) is 0 Å². The number of nitrogens with one attached hydrogen (secondary N) is 1. The van der Waals surface area contributed by atoms with E-state index in [4.69, 9.17) is 4.74 Å². The van der Waals surface area contributed by atoms with Crippen molar-refractivity contribution in [3.05, 3.63) is 84.1 Å². The highest BCUT2D eigenvalue weighted by Gasteiger charge is 2.21. The minimum Gasteiger partial charge on any atom is -0.497 e. The molecule has 29 heavy (non-hydrogen) atoms. The van der Waals surface area contributed by atoms with Gasteiger partial charge in [-0.3, -0.25) is 4.79 Å². The first-order valence-corrected chi connectivity index (χ1v) is 9.52. The van der Waals surface area contributed by atoms with Crippen LogP contribution in [0.5, 0.6) is 5.75 Å². The standard InChI is InChI=1S/C23H24N4O2/c1-16-14-18-6-4-5-7-20(18)27(16)15-21(28)25-22(23-24-12-13-26(23)2)17-8-10-19(29-3)11-9-17/h4-14,22H,15H2,1-3H3,(H,25,28)/t22-/m1/s1. The summed E-state index contributed by atoms with van der Waals surface area (Å²) in [6.07, 6.45) is 3.61. The number of fused-ring (bicyclic) bond motifs is 1. The maximum Gasteiger partial charge on any atom is 0.240 e. The number of ether oxygens (including phenoxy) is 1. The SMILES string of the molecule is COc1ccc([C@@H](NC(=O)Cn2c(C)cc3ccccc32)c2nccn2C)cc1. The van der Waals surface area contributed by atoms with Gasteiger partial charge in [-0.1, -0.05) is 30.3 Å². The summed E-state index contributed by atoms with van der Waals surface area (Å²) in [5.41, 5.74) is 3.06. The number of carbonyl (C=O) groups excluding carboxylic acids is 1. The molecule has 0 spiro atoms. The van der Waals surface area contributed by atoms with Gasteiger partial charge >= 0.3 is 0 Å². The molecule has 0 aliphatic rings. The maximum absolute atomic E-state index is 13.0. The zero-order valence-corrected chi connectivity index (χ0v) is 16.8. The number of aryl methyl sites for hydroxylation is 2. The van der Waals surface area contributed by atoms with Crippen LogP contribution < -0.4 is 10.1 Å². The van der Waals surface area contributed by atoms with Crippen molar-refractivity contribution in [2.24, 2.45) is 7.05 Å². The third kappa shape index (κ3) is 3.74. The summed E-state index contributed by atoms with van der Waals surface area (Å²) in [5, 5.41) is 4.29. The molecule has 148 valence electrons. The van der Waals surface area contributed by atoms with Crippen molar-refractivity contribution in [3.8, 4) is 5.75 Å². The van der Waals surface area contributed by atoms with Gasteiger partial charge in [-0.2, -0.15) is 0 Å². The van der Waals surface area contributed by atoms with Gasteiger partial charge in [0.15, 0.2) is 0 Å². The summed E-state index contributed by atoms with van der Waals surface area (Å²) in [7, 11) is 3.56. The third-order valence-corrected chi connectivity index (χ3v) is 5.19. The van der Waals surface area contributed by atoms with Crippen LogP contribution >= 0.6 is 0 Å². The zero-order valence-electron chi connectivity index (χ0n) is 16.8. The summed E-state index contributed by atoms with van der Waals surface area (Å²) >= 11 is 0. The van der Waals surface area contributed by atoms with Crippen LogP contribution in [0.1, 0.15) is 23.1 Å². The number of amides is 1. The average molecular weight is 388 g/mol. The van der Waals surface area contributed by atoms with Gasteiger partial charge in [-0.15, -0.1) is 0 Å². The van der Waals surface area contributed by atoms with Crippen LogP contribution in [0.4, 0.5) is 0 Å². The summed E-state index contributed by atoms with van der Waals surface area (Å²) in [5.74, 6) is 1.48. The fraction of sp³-hybridized carbons (Fsp3) is 0.217. The van der Waals surface area contributed by atoms with Gasteiger partial charge in [0, 0.05) is 30.7 Å². The molecule has 4 aromatic rings. The molecule has 4 rings (SSSR count). The average Bonchev–Trinajstić information content (AvgIpc) is 3.29. The van der Waals surface area contributed by atoms with Gasteiger partial charge in [0.1, 0.15) is 24.2 Å². The van der Waals surface area contributed by atoms with Crippen molar-refractivity contribution >= 4 is 16.8 Å². The molecule has 2 aromatic heterocycles. The fourth-order valence-corrected chi connectivity index (χ4v) is 3.66. The summed E-state index contributed by atoms with van der Waals surface area (Å²) < 4.78 is 9.22. The monoisotopic (exact) mass is 388 g/mol. The zero-order chi connectivity index (χ0) is 20.4. The number of imidazole rings is 1. The van der Waals surface area contributed by atoms with E-state index in [1.54, 1.807) is 13.3 Å². The highest BCUT2D eigenvalue weighted by molar-refractivity contribution is 5.84. The largest absolute Gasteiger partial charge is 0.497 e. The van der Waals surface area contributed by atoms with Gasteiger partial charge in [0.05, 0.1) is 7.11 Å². The predicted molar refractivity (Wildman–Crippen MR) is 113 cm³/mol. The minimum atomic E-state index is -0.351. The highest BCUT2D eigenvalue weighted by atomic mass is 16.5. The first kappa shape index (κ1) is 18.8. The molecule has 0 radical (unpaired) electrons. The molecular formula is C23H24N4O2. The van der Waals surface area contributed by atoms with Crippen LogP contribution in [0.3, 0.4) is 0 Å². The Kier molecular flexibility index (Phi) is 5.08. The van der Waals surface area contributed by atoms with Crippen LogP contribution in [-0.2, 0) is 18.4 Å². The van der Waals surface area contributed by atoms with Crippen LogP contribution in [0, 0.1) is 6.92 Å². The number of methoxy groups -OCH3 is 1. The number of rotatable bonds is 6. The topological polar surface area (TPSA) is 61.1 Å². The molecule has 1 N–H and O–H groups in total. The number of carbonyl (C=O) groups is 1. The minimum absolute atomic E-state index is 0.0710. The second-order valence-corrected chi connectivity index (χ2v) is 7.10. The molecule has 6 heteroatoms. The second-order valence-electron chi connectivity index (χ2n) is 7.10. The number of hydrogen-bond acceptors (Lipinski definition) is 3. The molecule has 1 amide bonds. The maximum atomic E-state index is 13.0. The molecule has 0 aliphatic carbocycles. The molecule has 0 bridgehead atoms. The van der Waals surface area contributed by atoms with Crippen molar-refractivity contribution in [2.75, 3.05) is 7.11 Å². The Labute approximate surface area is 169 Å². The van der Waals surface area contributed by atoms with Crippen molar-refractivity contribution in [1.82, 2.24) is 19.4 Å². The predicted octanol–water partition coefficient (Wildman–Crippen LogP) is 3.60. The van der Waals surface area contributed by atoms with Crippen molar-refractivity contribution in [3.63, 3.8) is 0 Å². The Morgan fingerprint density at radius 2 is 1.93 bits per heavy atom. The molecule has 6 nitrogen and oxygen atoms in total. The van der Waals surface area contributed by atoms with E-state index in [-0.39, 0.29) is 18.5 Å². The van der Waals surface area contributed by atoms with E-state index in [2.05, 4.69) is 22.4 Å². The molecule has 2 heterocycles. The molecule has 0 fully saturated rings. The van der Waals surface area contributed by atoms with E-state index in [1.165, 1.54) is 0 Å². The van der Waals surface area contributed by atoms with Crippen molar-refractivity contribution < 1.29 is 9.53 Å². The van der Waals surface area contributed by atoms with E-state index in [0.29, 0.717) is 0 Å². The van der Waals surface area contributed by atoms with E-state index < -0.39 is 0 Å². The van der Waals surface area contributed by atoms with Crippen LogP contribution in [-0.4, -0.2) is 27.1 Å². The lowest BCUT2D eigenvalue weighted by atomic mass is 10.1. The van der Waals surface area contributed by atoms with Crippen molar-refractivity contribution in [1.29, 1.82) is 0 Å². The Morgan fingerprint density at radius 1 is 1.17 bits per heavy atom. The number of para-hydroxylation sites is 1. The van der Waals surface area contributed by atoms with Crippen LogP contribution in [0.25, 0.3) is 10.9 Å². The molecular weight excluding hydrogens is 364 g/mol. The lowest BCUT2D eigenvalue weighted by Crippen LogP contribution is -2.33. The fourth-order valence-electron chi connectivity index (χ4n) is 3.66. The number of nitrogens with zero attached hydrogens (tertiary/aromatic N) is 3. The van der Waals surface area contributed by atoms with Crippen molar-refractivity contribution in [2.45, 2.75) is 19.5 Å². The molecule has 0 unspecified atom stereocenters. The van der Waals surface area contributed by atoms with E-state index >= 15 is 0 Å². The normalized spacial score (nSPS) is 12.1. The Balaban J connectivity index is 1.62. The number of benzene rings is 2. The Morgan fingerprint density at radius 3 is 2.62 bits per heavy atom. The second kappa shape index (κ2) is 7.83. The number of hydrogen-bond donors (Lipinski definition) is 1. The van der Waals surface area contributed by atoms with E-state index in [1.807, 2.05) is 71.8 Å². The Bertz CT molecular complexity index is 1140. The molecule has 2 aromatic carbocycles. The highest BCUT2D eigenvalue weighted by Crippen LogP contribution is 2.24. The molecule has 0 aliphatic heterocycles. The van der Waals surface area contributed by atoms with Gasteiger partial charge < -0.3 is 19.2 Å². The van der Waals surface area contributed by atoms with Gasteiger partial charge in [0.25, 0.3) is 0 Å². The van der Waals surface area contributed by atoms with E-state index in [9.17, 15) is 4.79 Å². The summed E-state index contributed by atoms with van der Waals surface area (Å²) in [6.45, 7) is 2.27. The Hall–Kier alpha value is -3.54. The van der Waals surface area contributed by atoms with Gasteiger partial charge in [-0.25, -0.2) is 4.98 Å². The third-order valence-electron chi connectivity index (χ3n) is 5.19. The summed E-state index contributed by atoms with van der Waals surface area (Å²) in [4.78, 5) is 17.5. The van der Waals surface area contributed by atoms with Crippen LogP contribution in [0.15, 0.2) is 67.0 Å². The van der Waals surface area contributed by atoms with Gasteiger partial charge in [-0.05, 0) is 42.1 Å². The van der Waals surface area contributed by atoms with Gasteiger partial charge in [0.2, 0.25) is 5.91 Å². The van der Waals surface area contributed by atoms with E-state index in [0.717, 1.165) is 33.7 Å². The summed E-state index contributed by atoms with van der Waals surface area (Å²) in [6, 6.07) is 17.5. The quantitative estimate of drug-likeness (QED) is 0.549. The molecule has 0 saturated carbocycles. The smallest absolute Gasteiger partial charge is 0.240 e. The molecule has 0 saturated heterocycles. The lowest BCUT2D eigenvalue weighted by Gasteiger charge is -2.20. The first-order chi connectivity index (χ1) is 14.1. The number of aromatic nitrogens is 3.